The second-order valence-corrected chi connectivity index (χ2v) is 8.55. The molecule has 1 amide bonds. The Morgan fingerprint density at radius 1 is 1.09 bits per heavy atom. The molecule has 3 aromatic rings. The quantitative estimate of drug-likeness (QED) is 0.396. The summed E-state index contributed by atoms with van der Waals surface area (Å²) in [6.45, 7) is 2.15. The Morgan fingerprint density at radius 3 is 2.31 bits per heavy atom. The Hall–Kier alpha value is -3.33. The second-order valence-electron chi connectivity index (χ2n) is 8.55. The molecule has 0 aliphatic carbocycles. The number of hydrogen-bond acceptors (Lipinski definition) is 3. The van der Waals surface area contributed by atoms with Crippen LogP contribution in [0.15, 0.2) is 54.6 Å². The Bertz CT molecular complexity index is 1170. The van der Waals surface area contributed by atoms with E-state index in [-0.39, 0.29) is 29.6 Å². The second kappa shape index (κ2) is 10.1. The average molecular weight is 490 g/mol. The summed E-state index contributed by atoms with van der Waals surface area (Å²) in [5.41, 5.74) is 0.00205. The molecule has 1 saturated heterocycles. The van der Waals surface area contributed by atoms with Crippen molar-refractivity contribution in [1.29, 1.82) is 0 Å². The third-order valence-electron chi connectivity index (χ3n) is 6.25. The summed E-state index contributed by atoms with van der Waals surface area (Å²) in [5.74, 6) is -0.752. The van der Waals surface area contributed by atoms with Gasteiger partial charge in [-0.25, -0.2) is 9.18 Å². The molecule has 1 aliphatic rings. The molecule has 5 nitrogen and oxygen atoms in total. The lowest BCUT2D eigenvalue weighted by Crippen LogP contribution is -2.42. The van der Waals surface area contributed by atoms with Crippen molar-refractivity contribution in [3.8, 4) is 17.0 Å². The number of alkyl halides is 3. The van der Waals surface area contributed by atoms with Crippen LogP contribution in [0.1, 0.15) is 29.7 Å². The van der Waals surface area contributed by atoms with Crippen LogP contribution in [0, 0.1) is 12.7 Å². The first-order valence-electron chi connectivity index (χ1n) is 11.3. The topological polar surface area (TPSA) is 43.7 Å². The molecule has 1 aromatic heterocycles. The van der Waals surface area contributed by atoms with Crippen molar-refractivity contribution >= 4 is 6.09 Å². The molecule has 1 aliphatic heterocycles. The van der Waals surface area contributed by atoms with E-state index in [1.165, 1.54) is 24.0 Å². The van der Waals surface area contributed by atoms with Gasteiger partial charge in [-0.3, -0.25) is 0 Å². The third kappa shape index (κ3) is 5.35. The lowest BCUT2D eigenvalue weighted by atomic mass is 10.0. The first-order valence-corrected chi connectivity index (χ1v) is 11.3. The molecule has 186 valence electrons. The third-order valence-corrected chi connectivity index (χ3v) is 6.25. The molecule has 0 radical (unpaired) electrons. The summed E-state index contributed by atoms with van der Waals surface area (Å²) >= 11 is 0. The SMILES string of the molecule is Cc1c(-c2ccc(F)cc2)c(OC(=O)N(C)C2CCOCC2)n(Cc2ccccc2)c1C(F)(F)F. The molecule has 2 aromatic carbocycles. The number of carbonyl (C=O) groups is 1. The minimum Gasteiger partial charge on any atom is -0.392 e. The van der Waals surface area contributed by atoms with E-state index < -0.39 is 23.8 Å². The van der Waals surface area contributed by atoms with Gasteiger partial charge in [-0.05, 0) is 48.6 Å². The van der Waals surface area contributed by atoms with Gasteiger partial charge in [0.1, 0.15) is 11.5 Å². The zero-order valence-electron chi connectivity index (χ0n) is 19.4. The first kappa shape index (κ1) is 24.8. The lowest BCUT2D eigenvalue weighted by molar-refractivity contribution is -0.144. The molecule has 1 fully saturated rings. The van der Waals surface area contributed by atoms with Gasteiger partial charge in [0.25, 0.3) is 0 Å². The van der Waals surface area contributed by atoms with Crippen molar-refractivity contribution in [3.05, 3.63) is 77.2 Å². The number of rotatable bonds is 5. The summed E-state index contributed by atoms with van der Waals surface area (Å²) in [7, 11) is 1.57. The smallest absolute Gasteiger partial charge is 0.392 e. The summed E-state index contributed by atoms with van der Waals surface area (Å²) in [6.07, 6.45) is -4.27. The van der Waals surface area contributed by atoms with E-state index in [9.17, 15) is 22.4 Å². The number of aromatic nitrogens is 1. The normalized spacial score (nSPS) is 14.7. The highest BCUT2D eigenvalue weighted by Gasteiger charge is 2.41. The molecule has 0 bridgehead atoms. The number of amides is 1. The Balaban J connectivity index is 1.85. The van der Waals surface area contributed by atoms with Crippen LogP contribution in [0.2, 0.25) is 0 Å². The van der Waals surface area contributed by atoms with Gasteiger partial charge in [-0.15, -0.1) is 0 Å². The maximum atomic E-state index is 14.3. The molecule has 0 N–H and O–H groups in total. The predicted molar refractivity (Wildman–Crippen MR) is 123 cm³/mol. The number of benzene rings is 2. The lowest BCUT2D eigenvalue weighted by Gasteiger charge is -2.30. The maximum absolute atomic E-state index is 14.3. The monoisotopic (exact) mass is 490 g/mol. The zero-order chi connectivity index (χ0) is 25.2. The largest absolute Gasteiger partial charge is 0.431 e. The van der Waals surface area contributed by atoms with Gasteiger partial charge in [-0.1, -0.05) is 42.5 Å². The van der Waals surface area contributed by atoms with Crippen LogP contribution in [0.4, 0.5) is 22.4 Å². The van der Waals surface area contributed by atoms with E-state index in [1.54, 1.807) is 37.4 Å². The standard InChI is InChI=1S/C26H26F4N2O3/c1-17-22(19-8-10-20(27)11-9-19)24(35-25(33)31(2)21-12-14-34-15-13-21)32(23(17)26(28,29)30)16-18-6-4-3-5-7-18/h3-11,21H,12-16H2,1-2H3. The minimum atomic E-state index is -4.72. The molecule has 9 heteroatoms. The van der Waals surface area contributed by atoms with E-state index in [1.807, 2.05) is 0 Å². The van der Waals surface area contributed by atoms with E-state index in [0.29, 0.717) is 37.2 Å². The Labute approximate surface area is 200 Å². The Morgan fingerprint density at radius 2 is 1.71 bits per heavy atom. The molecular formula is C26H26F4N2O3. The summed E-state index contributed by atoms with van der Waals surface area (Å²) in [5, 5.41) is 0. The van der Waals surface area contributed by atoms with Crippen molar-refractivity contribution in [1.82, 2.24) is 9.47 Å². The first-order chi connectivity index (χ1) is 16.7. The number of ether oxygens (including phenoxy) is 2. The zero-order valence-corrected chi connectivity index (χ0v) is 19.4. The Kier molecular flexibility index (Phi) is 7.16. The van der Waals surface area contributed by atoms with E-state index in [0.717, 1.165) is 16.7 Å². The highest BCUT2D eigenvalue weighted by Crippen LogP contribution is 2.45. The van der Waals surface area contributed by atoms with Crippen LogP contribution >= 0.6 is 0 Å². The van der Waals surface area contributed by atoms with Crippen LogP contribution in [0.3, 0.4) is 0 Å². The molecule has 4 rings (SSSR count). The highest BCUT2D eigenvalue weighted by atomic mass is 19.4. The average Bonchev–Trinajstić information content (AvgIpc) is 3.11. The van der Waals surface area contributed by atoms with Gasteiger partial charge in [0.2, 0.25) is 5.88 Å². The number of halogens is 4. The van der Waals surface area contributed by atoms with Gasteiger partial charge >= 0.3 is 12.3 Å². The van der Waals surface area contributed by atoms with E-state index in [2.05, 4.69) is 0 Å². The van der Waals surface area contributed by atoms with Crippen molar-refractivity contribution in [2.45, 2.75) is 38.5 Å². The van der Waals surface area contributed by atoms with Crippen LogP contribution in [-0.4, -0.2) is 41.9 Å². The van der Waals surface area contributed by atoms with Crippen LogP contribution in [-0.2, 0) is 17.5 Å². The molecule has 0 spiro atoms. The molecule has 2 heterocycles. The highest BCUT2D eigenvalue weighted by molar-refractivity contribution is 5.79. The van der Waals surface area contributed by atoms with E-state index >= 15 is 0 Å². The van der Waals surface area contributed by atoms with Gasteiger partial charge in [0.05, 0.1) is 6.54 Å². The van der Waals surface area contributed by atoms with Crippen molar-refractivity contribution in [2.24, 2.45) is 0 Å². The van der Waals surface area contributed by atoms with Crippen LogP contribution < -0.4 is 4.74 Å². The predicted octanol–water partition coefficient (Wildman–Crippen LogP) is 6.28. The fourth-order valence-electron chi connectivity index (χ4n) is 4.44. The van der Waals surface area contributed by atoms with Gasteiger partial charge in [0.15, 0.2) is 0 Å². The minimum absolute atomic E-state index is 0.0991. The molecule has 0 saturated carbocycles. The van der Waals surface area contributed by atoms with E-state index in [4.69, 9.17) is 9.47 Å². The van der Waals surface area contributed by atoms with Crippen molar-refractivity contribution < 1.29 is 31.8 Å². The molecule has 0 atom stereocenters. The number of nitrogens with zero attached hydrogens (tertiary/aromatic N) is 2. The fraction of sp³-hybridized carbons (Fsp3) is 0.346. The molecule has 0 unspecified atom stereocenters. The van der Waals surface area contributed by atoms with Crippen molar-refractivity contribution in [3.63, 3.8) is 0 Å². The number of carbonyl (C=O) groups excluding carboxylic acids is 1. The van der Waals surface area contributed by atoms with Crippen LogP contribution in [0.25, 0.3) is 11.1 Å². The van der Waals surface area contributed by atoms with Crippen LogP contribution in [0.5, 0.6) is 5.88 Å². The summed E-state index contributed by atoms with van der Waals surface area (Å²) in [4.78, 5) is 14.5. The van der Waals surface area contributed by atoms with Gasteiger partial charge in [0, 0.05) is 31.9 Å². The maximum Gasteiger partial charge on any atom is 0.431 e. The summed E-state index contributed by atoms with van der Waals surface area (Å²) in [6, 6.07) is 13.6. The van der Waals surface area contributed by atoms with Gasteiger partial charge < -0.3 is 18.9 Å². The molecule has 35 heavy (non-hydrogen) atoms. The molecular weight excluding hydrogens is 464 g/mol. The summed E-state index contributed by atoms with van der Waals surface area (Å²) < 4.78 is 68.6. The number of hydrogen-bond donors (Lipinski definition) is 0. The van der Waals surface area contributed by atoms with Gasteiger partial charge in [-0.2, -0.15) is 13.2 Å². The fourth-order valence-corrected chi connectivity index (χ4v) is 4.44. The van der Waals surface area contributed by atoms with Crippen molar-refractivity contribution in [2.75, 3.05) is 20.3 Å².